The first-order chi connectivity index (χ1) is 15.0. The Kier molecular flexibility index (Phi) is 6.12. The average molecular weight is 464 g/mol. The standard InChI is InChI=1S/C21H29N5O5S/c1-21(2)10-16(13-5-3-4-6-14(13)21)25-20-23-8-7-17(26-20)24-15-9-12(18(27)19(15)28)11-31-32(22,29)30/h3-8,12,15-16,18-19,27-28H,9-11H2,1-2H3,(H2,22,29,30)(H2,23,24,25,26)/t12-,15?,16+,18-,19?/m1/s1. The molecule has 1 fully saturated rings. The van der Waals surface area contributed by atoms with Gasteiger partial charge in [-0.3, -0.25) is 4.18 Å². The van der Waals surface area contributed by atoms with E-state index in [1.165, 1.54) is 11.1 Å². The lowest BCUT2D eigenvalue weighted by Gasteiger charge is -2.20. The topological polar surface area (TPSA) is 160 Å². The molecule has 2 aromatic rings. The molecule has 0 bridgehead atoms. The minimum atomic E-state index is -4.12. The van der Waals surface area contributed by atoms with Gasteiger partial charge in [0, 0.05) is 12.1 Å². The zero-order chi connectivity index (χ0) is 23.1. The van der Waals surface area contributed by atoms with Crippen LogP contribution in [0.25, 0.3) is 0 Å². The summed E-state index contributed by atoms with van der Waals surface area (Å²) in [6, 6.07) is 9.56. The molecule has 174 valence electrons. The summed E-state index contributed by atoms with van der Waals surface area (Å²) in [7, 11) is -4.12. The van der Waals surface area contributed by atoms with Crippen molar-refractivity contribution in [2.45, 2.75) is 56.4 Å². The number of aromatic nitrogens is 2. The smallest absolute Gasteiger partial charge is 0.333 e. The van der Waals surface area contributed by atoms with Crippen molar-refractivity contribution in [2.75, 3.05) is 17.2 Å². The van der Waals surface area contributed by atoms with Gasteiger partial charge in [0.15, 0.2) is 0 Å². The lowest BCUT2D eigenvalue weighted by molar-refractivity contribution is 0.00778. The number of nitrogens with two attached hydrogens (primary N) is 1. The van der Waals surface area contributed by atoms with E-state index < -0.39 is 34.5 Å². The molecular formula is C21H29N5O5S. The summed E-state index contributed by atoms with van der Waals surface area (Å²) in [4.78, 5) is 8.85. The quantitative estimate of drug-likeness (QED) is 0.404. The number of aliphatic hydroxyl groups excluding tert-OH is 2. The second kappa shape index (κ2) is 8.56. The molecule has 2 unspecified atom stereocenters. The fourth-order valence-electron chi connectivity index (χ4n) is 4.75. The summed E-state index contributed by atoms with van der Waals surface area (Å²) >= 11 is 0. The van der Waals surface area contributed by atoms with Gasteiger partial charge in [0.05, 0.1) is 24.8 Å². The summed E-state index contributed by atoms with van der Waals surface area (Å²) in [5.74, 6) is 0.351. The molecule has 1 aromatic heterocycles. The fourth-order valence-corrected chi connectivity index (χ4v) is 5.11. The number of hydrogen-bond donors (Lipinski definition) is 5. The van der Waals surface area contributed by atoms with Crippen LogP contribution in [0.5, 0.6) is 0 Å². The number of anilines is 2. The molecule has 2 aliphatic rings. The van der Waals surface area contributed by atoms with Crippen LogP contribution in [-0.2, 0) is 19.9 Å². The molecule has 1 aromatic carbocycles. The third-order valence-corrected chi connectivity index (χ3v) is 6.78. The van der Waals surface area contributed by atoms with Gasteiger partial charge in [-0.05, 0) is 35.4 Å². The van der Waals surface area contributed by atoms with Gasteiger partial charge in [0.1, 0.15) is 11.9 Å². The molecule has 0 aliphatic heterocycles. The molecular weight excluding hydrogens is 434 g/mol. The third kappa shape index (κ3) is 4.86. The van der Waals surface area contributed by atoms with Gasteiger partial charge >= 0.3 is 10.3 Å². The van der Waals surface area contributed by atoms with Crippen molar-refractivity contribution in [2.24, 2.45) is 11.1 Å². The summed E-state index contributed by atoms with van der Waals surface area (Å²) in [6.07, 6.45) is 0.550. The molecule has 4 rings (SSSR count). The number of fused-ring (bicyclic) bond motifs is 1. The number of benzene rings is 1. The lowest BCUT2D eigenvalue weighted by Crippen LogP contribution is -2.36. The number of nitrogens with zero attached hydrogens (tertiary/aromatic N) is 2. The Labute approximate surface area is 187 Å². The van der Waals surface area contributed by atoms with Crippen molar-refractivity contribution >= 4 is 22.1 Å². The molecule has 0 spiro atoms. The van der Waals surface area contributed by atoms with Crippen LogP contribution in [-0.4, -0.2) is 53.5 Å². The SMILES string of the molecule is CC1(C)C[C@H](Nc2nccc(NC3C[C@H](COS(N)(=O)=O)[C@@H](O)C3O)n2)c2ccccc21. The van der Waals surface area contributed by atoms with Crippen LogP contribution in [0.1, 0.15) is 43.9 Å². The summed E-state index contributed by atoms with van der Waals surface area (Å²) < 4.78 is 26.6. The predicted octanol–water partition coefficient (Wildman–Crippen LogP) is 1.05. The van der Waals surface area contributed by atoms with E-state index in [0.29, 0.717) is 11.8 Å². The van der Waals surface area contributed by atoms with Crippen LogP contribution < -0.4 is 15.8 Å². The van der Waals surface area contributed by atoms with Crippen LogP contribution in [0.4, 0.5) is 11.8 Å². The molecule has 1 saturated carbocycles. The van der Waals surface area contributed by atoms with Crippen molar-refractivity contribution in [3.63, 3.8) is 0 Å². The first kappa shape index (κ1) is 22.9. The molecule has 11 heteroatoms. The largest absolute Gasteiger partial charge is 0.390 e. The van der Waals surface area contributed by atoms with E-state index in [1.54, 1.807) is 12.3 Å². The third-order valence-electron chi connectivity index (χ3n) is 6.32. The maximum absolute atomic E-state index is 11.0. The van der Waals surface area contributed by atoms with Crippen molar-refractivity contribution in [1.29, 1.82) is 0 Å². The Morgan fingerprint density at radius 1 is 1.19 bits per heavy atom. The lowest BCUT2D eigenvalue weighted by atomic mass is 9.86. The Bertz CT molecular complexity index is 1080. The van der Waals surface area contributed by atoms with Crippen molar-refractivity contribution in [3.8, 4) is 0 Å². The highest BCUT2D eigenvalue weighted by molar-refractivity contribution is 7.84. The molecule has 0 radical (unpaired) electrons. The summed E-state index contributed by atoms with van der Waals surface area (Å²) in [6.45, 7) is 4.13. The number of hydrogen-bond acceptors (Lipinski definition) is 9. The Morgan fingerprint density at radius 2 is 1.94 bits per heavy atom. The second-order valence-corrected chi connectivity index (χ2v) is 10.4. The summed E-state index contributed by atoms with van der Waals surface area (Å²) in [5, 5.41) is 32.0. The Morgan fingerprint density at radius 3 is 2.69 bits per heavy atom. The first-order valence-corrected chi connectivity index (χ1v) is 12.0. The van der Waals surface area contributed by atoms with E-state index in [1.807, 2.05) is 12.1 Å². The second-order valence-electron chi connectivity index (χ2n) is 9.14. The van der Waals surface area contributed by atoms with Gasteiger partial charge in [-0.2, -0.15) is 13.4 Å². The fraction of sp³-hybridized carbons (Fsp3) is 0.524. The number of nitrogens with one attached hydrogen (secondary N) is 2. The van der Waals surface area contributed by atoms with E-state index in [9.17, 15) is 18.6 Å². The van der Waals surface area contributed by atoms with E-state index in [0.717, 1.165) is 6.42 Å². The Hall–Kier alpha value is -2.31. The van der Waals surface area contributed by atoms with E-state index >= 15 is 0 Å². The molecule has 1 heterocycles. The van der Waals surface area contributed by atoms with Crippen LogP contribution in [0.3, 0.4) is 0 Å². The van der Waals surface area contributed by atoms with Gasteiger partial charge < -0.3 is 20.8 Å². The van der Waals surface area contributed by atoms with Gasteiger partial charge in [0.2, 0.25) is 5.95 Å². The molecule has 2 aliphatic carbocycles. The van der Waals surface area contributed by atoms with E-state index in [-0.39, 0.29) is 24.5 Å². The molecule has 0 amide bonds. The zero-order valence-electron chi connectivity index (χ0n) is 18.0. The minimum Gasteiger partial charge on any atom is -0.390 e. The molecule has 6 N–H and O–H groups in total. The molecule has 32 heavy (non-hydrogen) atoms. The monoisotopic (exact) mass is 463 g/mol. The average Bonchev–Trinajstić information content (AvgIpc) is 3.14. The maximum Gasteiger partial charge on any atom is 0.333 e. The number of rotatable bonds is 7. The van der Waals surface area contributed by atoms with Gasteiger partial charge in [-0.25, -0.2) is 10.1 Å². The van der Waals surface area contributed by atoms with Crippen molar-refractivity contribution in [3.05, 3.63) is 47.7 Å². The Balaban J connectivity index is 1.43. The highest BCUT2D eigenvalue weighted by atomic mass is 32.2. The van der Waals surface area contributed by atoms with Crippen LogP contribution >= 0.6 is 0 Å². The highest BCUT2D eigenvalue weighted by Gasteiger charge is 2.42. The van der Waals surface area contributed by atoms with Crippen LogP contribution in [0.2, 0.25) is 0 Å². The minimum absolute atomic E-state index is 0.0440. The maximum atomic E-state index is 11.0. The zero-order valence-corrected chi connectivity index (χ0v) is 18.8. The van der Waals surface area contributed by atoms with E-state index in [4.69, 9.17) is 5.14 Å². The molecule has 0 saturated heterocycles. The van der Waals surface area contributed by atoms with E-state index in [2.05, 4.69) is 50.8 Å². The van der Waals surface area contributed by atoms with Crippen LogP contribution in [0.15, 0.2) is 36.5 Å². The summed E-state index contributed by atoms with van der Waals surface area (Å²) in [5.41, 5.74) is 2.58. The highest BCUT2D eigenvalue weighted by Crippen LogP contribution is 2.45. The molecule has 5 atom stereocenters. The predicted molar refractivity (Wildman–Crippen MR) is 119 cm³/mol. The first-order valence-electron chi connectivity index (χ1n) is 10.5. The van der Waals surface area contributed by atoms with Gasteiger partial charge in [-0.15, -0.1) is 0 Å². The van der Waals surface area contributed by atoms with Gasteiger partial charge in [0.25, 0.3) is 0 Å². The van der Waals surface area contributed by atoms with Crippen molar-refractivity contribution in [1.82, 2.24) is 9.97 Å². The molecule has 10 nitrogen and oxygen atoms in total. The normalized spacial score (nSPS) is 29.0. The van der Waals surface area contributed by atoms with Gasteiger partial charge in [-0.1, -0.05) is 38.1 Å². The van der Waals surface area contributed by atoms with Crippen LogP contribution in [0, 0.1) is 5.92 Å². The number of aliphatic hydroxyl groups is 2. The van der Waals surface area contributed by atoms with Crippen molar-refractivity contribution < 1.29 is 22.8 Å².